The van der Waals surface area contributed by atoms with Crippen LogP contribution in [0.2, 0.25) is 0 Å². The third-order valence-electron chi connectivity index (χ3n) is 5.52. The van der Waals surface area contributed by atoms with Gasteiger partial charge in [-0.2, -0.15) is 5.10 Å². The average molecular weight is 429 g/mol. The van der Waals surface area contributed by atoms with Gasteiger partial charge in [-0.15, -0.1) is 5.10 Å². The number of benzene rings is 2. The SMILES string of the molecule is COc1ccc(-n2cc(Cn3ncc4c3CCN(C(=O)Nc3ccccc3)C4)nn2)cc1. The fourth-order valence-corrected chi connectivity index (χ4v) is 3.82. The lowest BCUT2D eigenvalue weighted by molar-refractivity contribution is 0.205. The van der Waals surface area contributed by atoms with E-state index in [1.54, 1.807) is 16.7 Å². The number of anilines is 1. The van der Waals surface area contributed by atoms with Crippen LogP contribution in [-0.4, -0.2) is 49.4 Å². The summed E-state index contributed by atoms with van der Waals surface area (Å²) in [6, 6.07) is 17.0. The fraction of sp³-hybridized carbons (Fsp3) is 0.217. The molecule has 9 nitrogen and oxygen atoms in total. The van der Waals surface area contributed by atoms with Gasteiger partial charge in [0.15, 0.2) is 0 Å². The van der Waals surface area contributed by atoms with Crippen molar-refractivity contribution in [2.75, 3.05) is 19.0 Å². The van der Waals surface area contributed by atoms with E-state index in [0.29, 0.717) is 19.6 Å². The van der Waals surface area contributed by atoms with Gasteiger partial charge in [-0.25, -0.2) is 9.48 Å². The van der Waals surface area contributed by atoms with Gasteiger partial charge in [0.2, 0.25) is 0 Å². The molecule has 2 aromatic heterocycles. The van der Waals surface area contributed by atoms with E-state index in [2.05, 4.69) is 20.7 Å². The summed E-state index contributed by atoms with van der Waals surface area (Å²) in [7, 11) is 1.64. The minimum absolute atomic E-state index is 0.1000. The van der Waals surface area contributed by atoms with Crippen molar-refractivity contribution in [2.45, 2.75) is 19.5 Å². The second kappa shape index (κ2) is 8.54. The van der Waals surface area contributed by atoms with Crippen LogP contribution < -0.4 is 10.1 Å². The number of hydrogen-bond acceptors (Lipinski definition) is 5. The summed E-state index contributed by atoms with van der Waals surface area (Å²) in [5.41, 5.74) is 4.71. The van der Waals surface area contributed by atoms with Crippen molar-refractivity contribution in [3.05, 3.63) is 83.9 Å². The smallest absolute Gasteiger partial charge is 0.322 e. The summed E-state index contributed by atoms with van der Waals surface area (Å²) in [6.45, 7) is 1.70. The van der Waals surface area contributed by atoms with Crippen molar-refractivity contribution in [1.82, 2.24) is 29.7 Å². The highest BCUT2D eigenvalue weighted by molar-refractivity contribution is 5.89. The predicted octanol–water partition coefficient (Wildman–Crippen LogP) is 3.11. The number of carbonyl (C=O) groups excluding carboxylic acids is 1. The molecule has 2 aromatic carbocycles. The number of urea groups is 1. The van der Waals surface area contributed by atoms with Crippen LogP contribution in [-0.2, 0) is 19.5 Å². The van der Waals surface area contributed by atoms with Gasteiger partial charge in [0.25, 0.3) is 0 Å². The van der Waals surface area contributed by atoms with Crippen LogP contribution in [0.25, 0.3) is 5.69 Å². The Bertz CT molecular complexity index is 1210. The largest absolute Gasteiger partial charge is 0.497 e. The number of nitrogens with one attached hydrogen (secondary N) is 1. The number of methoxy groups -OCH3 is 1. The molecule has 1 aliphatic rings. The Hall–Kier alpha value is -4.14. The Morgan fingerprint density at radius 3 is 2.72 bits per heavy atom. The number of amides is 2. The molecule has 0 saturated heterocycles. The number of fused-ring (bicyclic) bond motifs is 1. The quantitative estimate of drug-likeness (QED) is 0.527. The molecule has 9 heteroatoms. The molecule has 162 valence electrons. The maximum absolute atomic E-state index is 12.6. The van der Waals surface area contributed by atoms with Crippen molar-refractivity contribution < 1.29 is 9.53 Å². The summed E-state index contributed by atoms with van der Waals surface area (Å²) in [5.74, 6) is 0.795. The first kappa shape index (κ1) is 19.8. The van der Waals surface area contributed by atoms with Crippen molar-refractivity contribution in [3.63, 3.8) is 0 Å². The van der Waals surface area contributed by atoms with Crippen LogP contribution in [0.15, 0.2) is 67.0 Å². The third-order valence-corrected chi connectivity index (χ3v) is 5.52. The Labute approximate surface area is 185 Å². The predicted molar refractivity (Wildman–Crippen MR) is 119 cm³/mol. The highest BCUT2D eigenvalue weighted by Crippen LogP contribution is 2.21. The Kier molecular flexibility index (Phi) is 5.29. The van der Waals surface area contributed by atoms with E-state index in [4.69, 9.17) is 4.74 Å². The van der Waals surface area contributed by atoms with Crippen molar-refractivity contribution in [2.24, 2.45) is 0 Å². The van der Waals surface area contributed by atoms with Crippen molar-refractivity contribution in [3.8, 4) is 11.4 Å². The normalized spacial score (nSPS) is 13.0. The zero-order valence-electron chi connectivity index (χ0n) is 17.7. The number of carbonyl (C=O) groups is 1. The van der Waals surface area contributed by atoms with Crippen molar-refractivity contribution in [1.29, 1.82) is 0 Å². The van der Waals surface area contributed by atoms with Gasteiger partial charge in [-0.1, -0.05) is 23.4 Å². The van der Waals surface area contributed by atoms with Gasteiger partial charge in [0, 0.05) is 29.9 Å². The molecule has 0 fully saturated rings. The highest BCUT2D eigenvalue weighted by Gasteiger charge is 2.24. The van der Waals surface area contributed by atoms with Crippen LogP contribution in [0.3, 0.4) is 0 Å². The molecule has 0 saturated carbocycles. The van der Waals surface area contributed by atoms with E-state index in [-0.39, 0.29) is 6.03 Å². The second-order valence-electron chi connectivity index (χ2n) is 7.59. The molecule has 32 heavy (non-hydrogen) atoms. The van der Waals surface area contributed by atoms with E-state index in [9.17, 15) is 4.79 Å². The Morgan fingerprint density at radius 1 is 1.12 bits per heavy atom. The molecule has 1 aliphatic heterocycles. The molecule has 3 heterocycles. The Balaban J connectivity index is 1.25. The van der Waals surface area contributed by atoms with Crippen LogP contribution in [0.1, 0.15) is 17.0 Å². The summed E-state index contributed by atoms with van der Waals surface area (Å²) in [5, 5.41) is 16.0. The number of nitrogens with zero attached hydrogens (tertiary/aromatic N) is 6. The topological polar surface area (TPSA) is 90.1 Å². The lowest BCUT2D eigenvalue weighted by Crippen LogP contribution is -2.39. The lowest BCUT2D eigenvalue weighted by atomic mass is 10.1. The van der Waals surface area contributed by atoms with Gasteiger partial charge in [-0.3, -0.25) is 4.68 Å². The van der Waals surface area contributed by atoms with Gasteiger partial charge >= 0.3 is 6.03 Å². The average Bonchev–Trinajstić information content (AvgIpc) is 3.47. The molecule has 0 aliphatic carbocycles. The first-order valence-electron chi connectivity index (χ1n) is 10.4. The van der Waals surface area contributed by atoms with Gasteiger partial charge in [0.1, 0.15) is 11.4 Å². The van der Waals surface area contributed by atoms with Gasteiger partial charge in [0.05, 0.1) is 38.3 Å². The summed E-state index contributed by atoms with van der Waals surface area (Å²) < 4.78 is 8.88. The molecule has 2 amide bonds. The Morgan fingerprint density at radius 2 is 1.94 bits per heavy atom. The van der Waals surface area contributed by atoms with E-state index in [1.807, 2.05) is 71.7 Å². The number of aromatic nitrogens is 5. The minimum atomic E-state index is -0.1000. The molecule has 5 rings (SSSR count). The molecule has 0 spiro atoms. The molecule has 0 radical (unpaired) electrons. The highest BCUT2D eigenvalue weighted by atomic mass is 16.5. The standard InChI is InChI=1S/C23H23N7O2/c1-32-21-9-7-20(8-10-21)29-15-19(26-27-29)16-30-22-11-12-28(14-17(22)13-24-30)23(31)25-18-5-3-2-4-6-18/h2-10,13,15H,11-12,14,16H2,1H3,(H,25,31). The first-order chi connectivity index (χ1) is 15.7. The van der Waals surface area contributed by atoms with E-state index < -0.39 is 0 Å². The maximum Gasteiger partial charge on any atom is 0.322 e. The second-order valence-corrected chi connectivity index (χ2v) is 7.59. The molecular formula is C23H23N7O2. The van der Waals surface area contributed by atoms with Gasteiger partial charge < -0.3 is 15.0 Å². The number of ether oxygens (including phenoxy) is 1. The summed E-state index contributed by atoms with van der Waals surface area (Å²) in [4.78, 5) is 14.4. The first-order valence-corrected chi connectivity index (χ1v) is 10.4. The molecule has 0 atom stereocenters. The molecular weight excluding hydrogens is 406 g/mol. The van der Waals surface area contributed by atoms with Crippen LogP contribution in [0.4, 0.5) is 10.5 Å². The zero-order chi connectivity index (χ0) is 21.9. The van der Waals surface area contributed by atoms with E-state index in [1.165, 1.54) is 0 Å². The minimum Gasteiger partial charge on any atom is -0.497 e. The fourth-order valence-electron chi connectivity index (χ4n) is 3.82. The van der Waals surface area contributed by atoms with Crippen LogP contribution in [0.5, 0.6) is 5.75 Å². The summed E-state index contributed by atoms with van der Waals surface area (Å²) in [6.07, 6.45) is 4.48. The lowest BCUT2D eigenvalue weighted by Gasteiger charge is -2.27. The number of para-hydroxylation sites is 1. The number of rotatable bonds is 5. The van der Waals surface area contributed by atoms with Gasteiger partial charge in [-0.05, 0) is 36.4 Å². The molecule has 4 aromatic rings. The summed E-state index contributed by atoms with van der Waals surface area (Å²) >= 11 is 0. The molecule has 0 bridgehead atoms. The van der Waals surface area contributed by atoms with E-state index >= 15 is 0 Å². The molecule has 1 N–H and O–H groups in total. The van der Waals surface area contributed by atoms with Crippen molar-refractivity contribution >= 4 is 11.7 Å². The molecule has 0 unspecified atom stereocenters. The monoisotopic (exact) mass is 429 g/mol. The maximum atomic E-state index is 12.6. The third kappa shape index (κ3) is 4.04. The number of hydrogen-bond donors (Lipinski definition) is 1. The van der Waals surface area contributed by atoms with Crippen LogP contribution in [0, 0.1) is 0 Å². The van der Waals surface area contributed by atoms with Crippen LogP contribution >= 0.6 is 0 Å². The van der Waals surface area contributed by atoms with E-state index in [0.717, 1.165) is 40.5 Å². The zero-order valence-corrected chi connectivity index (χ0v) is 17.7.